The Kier molecular flexibility index (Phi) is 2.69. The first kappa shape index (κ1) is 11.5. The van der Waals surface area contributed by atoms with E-state index in [1.165, 1.54) is 25.7 Å². The number of hydrogen-bond donors (Lipinski definition) is 1. The molecule has 0 aromatic carbocycles. The Bertz CT molecular complexity index is 312. The summed E-state index contributed by atoms with van der Waals surface area (Å²) in [5, 5.41) is 3.21. The van der Waals surface area contributed by atoms with Gasteiger partial charge in [-0.25, -0.2) is 0 Å². The first-order valence-electron chi connectivity index (χ1n) is 7.06. The average Bonchev–Trinajstić information content (AvgIpc) is 2.83. The van der Waals surface area contributed by atoms with Crippen molar-refractivity contribution < 1.29 is 4.79 Å². The van der Waals surface area contributed by atoms with E-state index in [0.29, 0.717) is 11.8 Å². The van der Waals surface area contributed by atoms with E-state index in [4.69, 9.17) is 0 Å². The van der Waals surface area contributed by atoms with Crippen LogP contribution in [0.3, 0.4) is 0 Å². The van der Waals surface area contributed by atoms with Gasteiger partial charge in [-0.3, -0.25) is 4.79 Å². The number of likely N-dealkylation sites (N-methyl/N-ethyl adjacent to an activating group) is 1. The fourth-order valence-corrected chi connectivity index (χ4v) is 3.69. The highest BCUT2D eigenvalue weighted by Crippen LogP contribution is 2.54. The lowest BCUT2D eigenvalue weighted by molar-refractivity contribution is -0.126. The van der Waals surface area contributed by atoms with Gasteiger partial charge in [0.1, 0.15) is 0 Å². The third-order valence-corrected chi connectivity index (χ3v) is 5.44. The summed E-state index contributed by atoms with van der Waals surface area (Å²) in [6.07, 6.45) is 7.48. The summed E-state index contributed by atoms with van der Waals surface area (Å²) < 4.78 is 0. The highest BCUT2D eigenvalue weighted by Gasteiger charge is 2.48. The molecule has 3 saturated carbocycles. The van der Waals surface area contributed by atoms with E-state index in [1.807, 2.05) is 0 Å². The van der Waals surface area contributed by atoms with Gasteiger partial charge in [-0.15, -0.1) is 0 Å². The SMILES string of the molecule is CN(C)C1(CNC(=O)C2CC3CC3C2)CCC1. The Hall–Kier alpha value is -0.570. The molecule has 2 atom stereocenters. The summed E-state index contributed by atoms with van der Waals surface area (Å²) in [7, 11) is 4.27. The predicted molar refractivity (Wildman–Crippen MR) is 67.6 cm³/mol. The van der Waals surface area contributed by atoms with Gasteiger partial charge < -0.3 is 10.2 Å². The Morgan fingerprint density at radius 3 is 2.35 bits per heavy atom. The Morgan fingerprint density at radius 2 is 1.88 bits per heavy atom. The minimum absolute atomic E-state index is 0.261. The molecule has 3 fully saturated rings. The Labute approximate surface area is 104 Å². The van der Waals surface area contributed by atoms with Crippen LogP contribution in [0.1, 0.15) is 38.5 Å². The molecule has 0 aliphatic heterocycles. The zero-order chi connectivity index (χ0) is 12.0. The van der Waals surface area contributed by atoms with Crippen LogP contribution in [0.15, 0.2) is 0 Å². The van der Waals surface area contributed by atoms with Crippen LogP contribution < -0.4 is 5.32 Å². The first-order chi connectivity index (χ1) is 8.11. The standard InChI is InChI=1S/C14H24N2O/c1-16(2)14(4-3-5-14)9-15-13(17)12-7-10-6-11(10)8-12/h10-12H,3-9H2,1-2H3,(H,15,17). The van der Waals surface area contributed by atoms with Crippen LogP contribution in [0.25, 0.3) is 0 Å². The maximum Gasteiger partial charge on any atom is 0.223 e. The van der Waals surface area contributed by atoms with Crippen LogP contribution in [0.4, 0.5) is 0 Å². The molecule has 0 aromatic heterocycles. The second-order valence-corrected chi connectivity index (χ2v) is 6.61. The molecule has 0 heterocycles. The molecule has 0 bridgehead atoms. The lowest BCUT2D eigenvalue weighted by Gasteiger charge is -2.47. The highest BCUT2D eigenvalue weighted by atomic mass is 16.1. The molecule has 3 aliphatic rings. The highest BCUT2D eigenvalue weighted by molar-refractivity contribution is 5.79. The summed E-state index contributed by atoms with van der Waals surface area (Å²) in [6, 6.07) is 0. The van der Waals surface area contributed by atoms with Crippen LogP contribution >= 0.6 is 0 Å². The van der Waals surface area contributed by atoms with E-state index in [9.17, 15) is 4.79 Å². The van der Waals surface area contributed by atoms with Crippen molar-refractivity contribution >= 4 is 5.91 Å². The summed E-state index contributed by atoms with van der Waals surface area (Å²) in [5.41, 5.74) is 0.261. The number of carbonyl (C=O) groups is 1. The topological polar surface area (TPSA) is 32.3 Å². The van der Waals surface area contributed by atoms with Gasteiger partial charge in [-0.05, 0) is 64.5 Å². The van der Waals surface area contributed by atoms with Crippen LogP contribution in [-0.4, -0.2) is 37.0 Å². The first-order valence-corrected chi connectivity index (χ1v) is 7.06. The molecule has 0 saturated heterocycles. The minimum atomic E-state index is 0.261. The van der Waals surface area contributed by atoms with Gasteiger partial charge in [-0.1, -0.05) is 0 Å². The number of amides is 1. The van der Waals surface area contributed by atoms with Gasteiger partial charge in [0.2, 0.25) is 5.91 Å². The predicted octanol–water partition coefficient (Wildman–Crippen LogP) is 1.63. The molecule has 3 aliphatic carbocycles. The fourth-order valence-electron chi connectivity index (χ4n) is 3.69. The molecule has 17 heavy (non-hydrogen) atoms. The molecule has 1 amide bonds. The van der Waals surface area contributed by atoms with E-state index < -0.39 is 0 Å². The van der Waals surface area contributed by atoms with E-state index in [2.05, 4.69) is 24.3 Å². The molecular weight excluding hydrogens is 212 g/mol. The third-order valence-electron chi connectivity index (χ3n) is 5.44. The molecule has 0 aromatic rings. The average molecular weight is 236 g/mol. The number of nitrogens with zero attached hydrogens (tertiary/aromatic N) is 1. The summed E-state index contributed by atoms with van der Waals surface area (Å²) >= 11 is 0. The summed E-state index contributed by atoms with van der Waals surface area (Å²) in [4.78, 5) is 14.4. The second-order valence-electron chi connectivity index (χ2n) is 6.61. The minimum Gasteiger partial charge on any atom is -0.354 e. The normalized spacial score (nSPS) is 37.5. The second kappa shape index (κ2) is 3.98. The summed E-state index contributed by atoms with van der Waals surface area (Å²) in [5.74, 6) is 2.46. The Balaban J connectivity index is 1.48. The van der Waals surface area contributed by atoms with Gasteiger partial charge in [0.25, 0.3) is 0 Å². The van der Waals surface area contributed by atoms with Crippen LogP contribution in [-0.2, 0) is 4.79 Å². The summed E-state index contributed by atoms with van der Waals surface area (Å²) in [6.45, 7) is 0.852. The zero-order valence-corrected chi connectivity index (χ0v) is 11.0. The molecule has 3 nitrogen and oxygen atoms in total. The van der Waals surface area contributed by atoms with E-state index >= 15 is 0 Å². The third kappa shape index (κ3) is 1.99. The number of rotatable bonds is 4. The smallest absolute Gasteiger partial charge is 0.223 e. The number of hydrogen-bond acceptors (Lipinski definition) is 2. The van der Waals surface area contributed by atoms with Gasteiger partial charge >= 0.3 is 0 Å². The molecule has 0 spiro atoms. The van der Waals surface area contributed by atoms with Gasteiger partial charge in [0, 0.05) is 18.0 Å². The van der Waals surface area contributed by atoms with Crippen molar-refractivity contribution in [2.24, 2.45) is 17.8 Å². The molecule has 3 heteroatoms. The lowest BCUT2D eigenvalue weighted by Crippen LogP contribution is -2.57. The van der Waals surface area contributed by atoms with Crippen LogP contribution in [0.5, 0.6) is 0 Å². The van der Waals surface area contributed by atoms with E-state index in [-0.39, 0.29) is 5.54 Å². The molecule has 1 N–H and O–H groups in total. The van der Waals surface area contributed by atoms with Crippen molar-refractivity contribution in [1.82, 2.24) is 10.2 Å². The maximum absolute atomic E-state index is 12.1. The largest absolute Gasteiger partial charge is 0.354 e. The lowest BCUT2D eigenvalue weighted by atomic mass is 9.75. The monoisotopic (exact) mass is 236 g/mol. The van der Waals surface area contributed by atoms with Gasteiger partial charge in [0.05, 0.1) is 0 Å². The van der Waals surface area contributed by atoms with E-state index in [0.717, 1.165) is 31.2 Å². The molecule has 96 valence electrons. The van der Waals surface area contributed by atoms with Crippen molar-refractivity contribution in [3.8, 4) is 0 Å². The van der Waals surface area contributed by atoms with Crippen molar-refractivity contribution in [3.05, 3.63) is 0 Å². The zero-order valence-electron chi connectivity index (χ0n) is 11.0. The van der Waals surface area contributed by atoms with Crippen molar-refractivity contribution in [3.63, 3.8) is 0 Å². The van der Waals surface area contributed by atoms with Crippen molar-refractivity contribution in [2.75, 3.05) is 20.6 Å². The maximum atomic E-state index is 12.1. The van der Waals surface area contributed by atoms with Crippen LogP contribution in [0.2, 0.25) is 0 Å². The van der Waals surface area contributed by atoms with Crippen molar-refractivity contribution in [2.45, 2.75) is 44.1 Å². The van der Waals surface area contributed by atoms with Crippen LogP contribution in [0, 0.1) is 17.8 Å². The number of nitrogens with one attached hydrogen (secondary N) is 1. The molecule has 0 radical (unpaired) electrons. The number of carbonyl (C=O) groups excluding carboxylic acids is 1. The number of fused-ring (bicyclic) bond motifs is 1. The molecule has 2 unspecified atom stereocenters. The van der Waals surface area contributed by atoms with E-state index in [1.54, 1.807) is 0 Å². The molecular formula is C14H24N2O. The van der Waals surface area contributed by atoms with Gasteiger partial charge in [-0.2, -0.15) is 0 Å². The quantitative estimate of drug-likeness (QED) is 0.804. The molecule has 3 rings (SSSR count). The van der Waals surface area contributed by atoms with Crippen molar-refractivity contribution in [1.29, 1.82) is 0 Å². The van der Waals surface area contributed by atoms with Gasteiger partial charge in [0.15, 0.2) is 0 Å². The Morgan fingerprint density at radius 1 is 1.24 bits per heavy atom. The fraction of sp³-hybridized carbons (Fsp3) is 0.929.